The largest absolute Gasteiger partial charge is 0.458 e. The van der Waals surface area contributed by atoms with E-state index in [0.717, 1.165) is 24.4 Å². The van der Waals surface area contributed by atoms with Crippen LogP contribution in [0.15, 0.2) is 59.0 Å². The Kier molecular flexibility index (Phi) is 4.06. The molecule has 0 saturated carbocycles. The van der Waals surface area contributed by atoms with Crippen LogP contribution in [-0.4, -0.2) is 15.0 Å². The highest BCUT2D eigenvalue weighted by molar-refractivity contribution is 9.11. The molecule has 0 spiro atoms. The van der Waals surface area contributed by atoms with E-state index in [-0.39, 0.29) is 12.1 Å². The van der Waals surface area contributed by atoms with Crippen LogP contribution in [0.5, 0.6) is 0 Å². The van der Waals surface area contributed by atoms with E-state index in [0.29, 0.717) is 16.7 Å². The maximum atomic E-state index is 12.6. The Morgan fingerprint density at radius 2 is 1.88 bits per heavy atom. The fraction of sp³-hybridized carbons (Fsp3) is 0.0625. The molecular weight excluding hydrogens is 506 g/mol. The number of benzene rings is 2. The first kappa shape index (κ1) is 16.0. The van der Waals surface area contributed by atoms with E-state index < -0.39 is 0 Å². The number of nitrogens with zero attached hydrogens (tertiary/aromatic N) is 3. The van der Waals surface area contributed by atoms with Crippen molar-refractivity contribution < 1.29 is 4.42 Å². The minimum Gasteiger partial charge on any atom is -0.458 e. The second-order valence-corrected chi connectivity index (χ2v) is 7.92. The van der Waals surface area contributed by atoms with Crippen molar-refractivity contribution in [3.63, 3.8) is 0 Å². The van der Waals surface area contributed by atoms with E-state index in [9.17, 15) is 4.79 Å². The van der Waals surface area contributed by atoms with Crippen LogP contribution in [0.3, 0.4) is 0 Å². The van der Waals surface area contributed by atoms with Crippen molar-refractivity contribution in [1.29, 1.82) is 0 Å². The number of aromatic nitrogens is 3. The zero-order valence-corrected chi connectivity index (χ0v) is 16.7. The van der Waals surface area contributed by atoms with Gasteiger partial charge in [-0.3, -0.25) is 4.79 Å². The molecule has 5 nitrogen and oxygen atoms in total. The van der Waals surface area contributed by atoms with Crippen LogP contribution in [0.25, 0.3) is 21.9 Å². The average Bonchev–Trinajstić information content (AvgIpc) is 2.93. The van der Waals surface area contributed by atoms with Crippen molar-refractivity contribution >= 4 is 69.7 Å². The molecule has 0 saturated heterocycles. The van der Waals surface area contributed by atoms with E-state index in [1.54, 1.807) is 12.1 Å². The Bertz CT molecular complexity index is 1150. The lowest BCUT2D eigenvalue weighted by molar-refractivity contribution is 0.488. The normalized spacial score (nSPS) is 11.5. The standard InChI is InChI=1S/C16H8Br3N3O2/c17-9-1-2-14-12(5-9)16(23)22(21-20-14)7-11-4-8-3-10(18)6-13(19)15(8)24-11/h1-6H,7H2. The van der Waals surface area contributed by atoms with Gasteiger partial charge in [0.1, 0.15) is 23.4 Å². The van der Waals surface area contributed by atoms with Gasteiger partial charge in [0.2, 0.25) is 0 Å². The molecule has 2 aromatic carbocycles. The summed E-state index contributed by atoms with van der Waals surface area (Å²) in [7, 11) is 0. The Morgan fingerprint density at radius 1 is 1.04 bits per heavy atom. The van der Waals surface area contributed by atoms with Gasteiger partial charge in [-0.2, -0.15) is 0 Å². The lowest BCUT2D eigenvalue weighted by Crippen LogP contribution is -2.24. The van der Waals surface area contributed by atoms with Gasteiger partial charge in [0.05, 0.1) is 9.86 Å². The van der Waals surface area contributed by atoms with Gasteiger partial charge in [-0.05, 0) is 52.3 Å². The first-order valence-electron chi connectivity index (χ1n) is 6.92. The minimum absolute atomic E-state index is 0.206. The first-order chi connectivity index (χ1) is 11.5. The van der Waals surface area contributed by atoms with Gasteiger partial charge >= 0.3 is 0 Å². The van der Waals surface area contributed by atoms with Crippen LogP contribution in [0.2, 0.25) is 0 Å². The predicted octanol–water partition coefficient (Wildman–Crippen LogP) is 4.87. The van der Waals surface area contributed by atoms with E-state index in [1.165, 1.54) is 4.68 Å². The van der Waals surface area contributed by atoms with Crippen LogP contribution in [0, 0.1) is 0 Å². The lowest BCUT2D eigenvalue weighted by Gasteiger charge is -2.03. The average molecular weight is 514 g/mol. The molecule has 0 radical (unpaired) electrons. The molecule has 4 rings (SSSR count). The van der Waals surface area contributed by atoms with E-state index in [1.807, 2.05) is 24.3 Å². The first-order valence-corrected chi connectivity index (χ1v) is 9.30. The van der Waals surface area contributed by atoms with E-state index in [2.05, 4.69) is 58.1 Å². The fourth-order valence-corrected chi connectivity index (χ4v) is 4.21. The molecule has 0 unspecified atom stereocenters. The minimum atomic E-state index is -0.206. The molecule has 2 aromatic heterocycles. The van der Waals surface area contributed by atoms with Crippen LogP contribution < -0.4 is 5.56 Å². The number of rotatable bonds is 2. The Morgan fingerprint density at radius 3 is 2.71 bits per heavy atom. The SMILES string of the molecule is O=c1c2cc(Br)ccc2nnn1Cc1cc2cc(Br)cc(Br)c2o1. The van der Waals surface area contributed by atoms with Crippen molar-refractivity contribution in [3.05, 3.63) is 65.9 Å². The number of hydrogen-bond donors (Lipinski definition) is 0. The molecule has 0 atom stereocenters. The summed E-state index contributed by atoms with van der Waals surface area (Å²) < 4.78 is 9.76. The van der Waals surface area contributed by atoms with Crippen LogP contribution in [0.1, 0.15) is 5.76 Å². The molecule has 2 heterocycles. The van der Waals surface area contributed by atoms with Crippen molar-refractivity contribution in [2.45, 2.75) is 6.54 Å². The Hall–Kier alpha value is -1.51. The molecule has 120 valence electrons. The number of halogens is 3. The van der Waals surface area contributed by atoms with Gasteiger partial charge in [0.15, 0.2) is 0 Å². The summed E-state index contributed by atoms with van der Waals surface area (Å²) in [5.41, 5.74) is 1.09. The van der Waals surface area contributed by atoms with Gasteiger partial charge in [0, 0.05) is 14.3 Å². The summed E-state index contributed by atoms with van der Waals surface area (Å²) in [6.45, 7) is 0.215. The summed E-state index contributed by atoms with van der Waals surface area (Å²) in [6.07, 6.45) is 0. The third-order valence-electron chi connectivity index (χ3n) is 3.58. The molecule has 0 fully saturated rings. The molecular formula is C16H8Br3N3O2. The maximum Gasteiger partial charge on any atom is 0.278 e. The predicted molar refractivity (Wildman–Crippen MR) is 102 cm³/mol. The molecule has 0 aliphatic carbocycles. The summed E-state index contributed by atoms with van der Waals surface area (Å²) in [4.78, 5) is 12.6. The van der Waals surface area contributed by atoms with Gasteiger partial charge in [-0.25, -0.2) is 4.68 Å². The van der Waals surface area contributed by atoms with E-state index in [4.69, 9.17) is 4.42 Å². The van der Waals surface area contributed by atoms with Crippen molar-refractivity contribution in [1.82, 2.24) is 15.0 Å². The van der Waals surface area contributed by atoms with Gasteiger partial charge < -0.3 is 4.42 Å². The second kappa shape index (κ2) is 6.09. The zero-order valence-electron chi connectivity index (χ0n) is 12.0. The Labute approximate surface area is 161 Å². The smallest absolute Gasteiger partial charge is 0.278 e. The number of hydrogen-bond acceptors (Lipinski definition) is 4. The van der Waals surface area contributed by atoms with Gasteiger partial charge in [-0.15, -0.1) is 5.10 Å². The molecule has 24 heavy (non-hydrogen) atoms. The topological polar surface area (TPSA) is 60.9 Å². The quantitative estimate of drug-likeness (QED) is 0.383. The third-order valence-corrected chi connectivity index (χ3v) is 5.12. The Balaban J connectivity index is 1.81. The van der Waals surface area contributed by atoms with Crippen LogP contribution >= 0.6 is 47.8 Å². The zero-order chi connectivity index (χ0) is 16.8. The van der Waals surface area contributed by atoms with Crippen LogP contribution in [-0.2, 0) is 6.54 Å². The monoisotopic (exact) mass is 511 g/mol. The summed E-state index contributed by atoms with van der Waals surface area (Å²) in [5, 5.41) is 9.55. The molecule has 8 heteroatoms. The summed E-state index contributed by atoms with van der Waals surface area (Å²) in [6, 6.07) is 11.1. The highest BCUT2D eigenvalue weighted by Crippen LogP contribution is 2.31. The molecule has 0 amide bonds. The molecule has 0 bridgehead atoms. The lowest BCUT2D eigenvalue weighted by atomic mass is 10.2. The van der Waals surface area contributed by atoms with Crippen molar-refractivity contribution in [3.8, 4) is 0 Å². The van der Waals surface area contributed by atoms with Gasteiger partial charge in [0.25, 0.3) is 5.56 Å². The maximum absolute atomic E-state index is 12.6. The van der Waals surface area contributed by atoms with Crippen molar-refractivity contribution in [2.24, 2.45) is 0 Å². The third kappa shape index (κ3) is 2.82. The van der Waals surface area contributed by atoms with Gasteiger partial charge in [-0.1, -0.05) is 37.1 Å². The fourth-order valence-electron chi connectivity index (χ4n) is 2.51. The molecule has 0 aliphatic heterocycles. The number of furan rings is 1. The summed E-state index contributed by atoms with van der Waals surface area (Å²) >= 11 is 10.3. The number of fused-ring (bicyclic) bond motifs is 2. The van der Waals surface area contributed by atoms with Crippen LogP contribution in [0.4, 0.5) is 0 Å². The van der Waals surface area contributed by atoms with Crippen molar-refractivity contribution in [2.75, 3.05) is 0 Å². The molecule has 0 aliphatic rings. The highest BCUT2D eigenvalue weighted by Gasteiger charge is 2.12. The van der Waals surface area contributed by atoms with E-state index >= 15 is 0 Å². The molecule has 0 N–H and O–H groups in total. The second-order valence-electron chi connectivity index (χ2n) is 5.23. The highest BCUT2D eigenvalue weighted by atomic mass is 79.9. The summed E-state index contributed by atoms with van der Waals surface area (Å²) in [5.74, 6) is 0.634. The molecule has 4 aromatic rings.